The van der Waals surface area contributed by atoms with Crippen LogP contribution in [0.3, 0.4) is 0 Å². The minimum atomic E-state index is -0.416. The average molecular weight is 373 g/mol. The third-order valence-electron chi connectivity index (χ3n) is 5.59. The second kappa shape index (κ2) is 9.22. The van der Waals surface area contributed by atoms with Gasteiger partial charge in [-0.25, -0.2) is 0 Å². The highest BCUT2D eigenvalue weighted by atomic mass is 16.5. The lowest BCUT2D eigenvalue weighted by molar-refractivity contribution is -0.140. The number of rotatable bonds is 6. The van der Waals surface area contributed by atoms with Crippen molar-refractivity contribution in [2.75, 3.05) is 32.8 Å². The minimum Gasteiger partial charge on any atom is -0.494 e. The van der Waals surface area contributed by atoms with E-state index in [1.54, 1.807) is 0 Å². The van der Waals surface area contributed by atoms with Crippen LogP contribution in [0.15, 0.2) is 24.3 Å². The molecule has 3 rings (SSSR count). The van der Waals surface area contributed by atoms with E-state index < -0.39 is 6.04 Å². The van der Waals surface area contributed by atoms with Gasteiger partial charge in [0.05, 0.1) is 19.1 Å². The molecule has 0 saturated carbocycles. The Balaban J connectivity index is 1.68. The summed E-state index contributed by atoms with van der Waals surface area (Å²) in [5, 5.41) is 2.92. The minimum absolute atomic E-state index is 0.0473. The number of hydrogen-bond donors (Lipinski definition) is 1. The van der Waals surface area contributed by atoms with E-state index in [-0.39, 0.29) is 18.2 Å². The number of carbonyl (C=O) groups excluding carboxylic acids is 2. The van der Waals surface area contributed by atoms with E-state index in [0.29, 0.717) is 25.6 Å². The van der Waals surface area contributed by atoms with Gasteiger partial charge in [-0.2, -0.15) is 0 Å². The number of amides is 2. The summed E-state index contributed by atoms with van der Waals surface area (Å²) in [4.78, 5) is 29.3. The van der Waals surface area contributed by atoms with Gasteiger partial charge in [-0.15, -0.1) is 0 Å². The second-order valence-electron chi connectivity index (χ2n) is 7.59. The third-order valence-corrected chi connectivity index (χ3v) is 5.59. The summed E-state index contributed by atoms with van der Waals surface area (Å²) >= 11 is 0. The zero-order valence-corrected chi connectivity index (χ0v) is 16.4. The molecule has 0 aromatic heterocycles. The van der Waals surface area contributed by atoms with Crippen LogP contribution in [0.1, 0.15) is 38.7 Å². The standard InChI is InChI=1S/C21H31N3O3/c1-3-27-19-7-5-4-6-17(19)15-24-13-10-22-21(26)18(24)14-20(25)23-11-8-16(2)9-12-23/h4-7,16,18H,3,8-15H2,1-2H3,(H,22,26). The summed E-state index contributed by atoms with van der Waals surface area (Å²) in [5.41, 5.74) is 1.05. The predicted octanol–water partition coefficient (Wildman–Crippen LogP) is 2.03. The fourth-order valence-electron chi connectivity index (χ4n) is 3.88. The Kier molecular flexibility index (Phi) is 6.72. The summed E-state index contributed by atoms with van der Waals surface area (Å²) in [6.45, 7) is 8.37. The van der Waals surface area contributed by atoms with Gasteiger partial charge in [-0.1, -0.05) is 25.1 Å². The van der Waals surface area contributed by atoms with Crippen molar-refractivity contribution in [3.8, 4) is 5.75 Å². The second-order valence-corrected chi connectivity index (χ2v) is 7.59. The van der Waals surface area contributed by atoms with Crippen LogP contribution >= 0.6 is 0 Å². The van der Waals surface area contributed by atoms with Gasteiger partial charge in [0.1, 0.15) is 5.75 Å². The lowest BCUT2D eigenvalue weighted by atomic mass is 9.98. The molecule has 0 radical (unpaired) electrons. The SMILES string of the molecule is CCOc1ccccc1CN1CCNC(=O)C1CC(=O)N1CCC(C)CC1. The zero-order valence-electron chi connectivity index (χ0n) is 16.4. The molecule has 1 atom stereocenters. The fourth-order valence-corrected chi connectivity index (χ4v) is 3.88. The molecule has 2 aliphatic heterocycles. The van der Waals surface area contributed by atoms with Crippen LogP contribution < -0.4 is 10.1 Å². The van der Waals surface area contributed by atoms with Crippen LogP contribution in [0.4, 0.5) is 0 Å². The first-order chi connectivity index (χ1) is 13.1. The molecular formula is C21H31N3O3. The Morgan fingerprint density at radius 2 is 1.96 bits per heavy atom. The summed E-state index contributed by atoms with van der Waals surface area (Å²) in [7, 11) is 0. The van der Waals surface area contributed by atoms with Crippen molar-refractivity contribution < 1.29 is 14.3 Å². The topological polar surface area (TPSA) is 61.9 Å². The van der Waals surface area contributed by atoms with E-state index in [2.05, 4.69) is 17.1 Å². The van der Waals surface area contributed by atoms with Crippen LogP contribution in [-0.4, -0.2) is 60.4 Å². The summed E-state index contributed by atoms with van der Waals surface area (Å²) in [6, 6.07) is 7.51. The summed E-state index contributed by atoms with van der Waals surface area (Å²) in [6.07, 6.45) is 2.35. The van der Waals surface area contributed by atoms with Gasteiger partial charge in [-0.3, -0.25) is 14.5 Å². The zero-order chi connectivity index (χ0) is 19.2. The summed E-state index contributed by atoms with van der Waals surface area (Å²) < 4.78 is 5.72. The van der Waals surface area contributed by atoms with Crippen molar-refractivity contribution in [1.82, 2.24) is 15.1 Å². The number of likely N-dealkylation sites (tertiary alicyclic amines) is 1. The van der Waals surface area contributed by atoms with E-state index in [1.807, 2.05) is 36.1 Å². The van der Waals surface area contributed by atoms with Crippen molar-refractivity contribution in [3.63, 3.8) is 0 Å². The highest BCUT2D eigenvalue weighted by Crippen LogP contribution is 2.23. The first-order valence-electron chi connectivity index (χ1n) is 10.1. The lowest BCUT2D eigenvalue weighted by Gasteiger charge is -2.37. The van der Waals surface area contributed by atoms with E-state index in [1.165, 1.54) is 0 Å². The molecule has 27 heavy (non-hydrogen) atoms. The Morgan fingerprint density at radius 3 is 2.70 bits per heavy atom. The van der Waals surface area contributed by atoms with Gasteiger partial charge >= 0.3 is 0 Å². The van der Waals surface area contributed by atoms with Gasteiger partial charge < -0.3 is 15.0 Å². The van der Waals surface area contributed by atoms with Crippen molar-refractivity contribution in [2.24, 2.45) is 5.92 Å². The molecule has 2 aliphatic rings. The number of carbonyl (C=O) groups is 2. The van der Waals surface area contributed by atoms with E-state index in [9.17, 15) is 9.59 Å². The lowest BCUT2D eigenvalue weighted by Crippen LogP contribution is -2.56. The molecule has 0 spiro atoms. The quantitative estimate of drug-likeness (QED) is 0.829. The maximum atomic E-state index is 12.8. The highest BCUT2D eigenvalue weighted by molar-refractivity contribution is 5.88. The number of piperazine rings is 1. The Hall–Kier alpha value is -2.08. The normalized spacial score (nSPS) is 21.8. The number of para-hydroxylation sites is 1. The Labute approximate surface area is 161 Å². The molecule has 6 heteroatoms. The number of hydrogen-bond acceptors (Lipinski definition) is 4. The van der Waals surface area contributed by atoms with Crippen LogP contribution in [0, 0.1) is 5.92 Å². The van der Waals surface area contributed by atoms with Crippen molar-refractivity contribution in [1.29, 1.82) is 0 Å². The number of nitrogens with zero attached hydrogens (tertiary/aromatic N) is 2. The van der Waals surface area contributed by atoms with Gasteiger partial charge in [-0.05, 0) is 31.7 Å². The van der Waals surface area contributed by atoms with Gasteiger partial charge in [0.2, 0.25) is 11.8 Å². The Bertz CT molecular complexity index is 656. The molecule has 2 fully saturated rings. The van der Waals surface area contributed by atoms with Crippen LogP contribution in [-0.2, 0) is 16.1 Å². The van der Waals surface area contributed by atoms with E-state index >= 15 is 0 Å². The predicted molar refractivity (Wildman–Crippen MR) is 104 cm³/mol. The highest BCUT2D eigenvalue weighted by Gasteiger charge is 2.33. The molecule has 1 aromatic rings. The van der Waals surface area contributed by atoms with Crippen LogP contribution in [0.5, 0.6) is 5.75 Å². The van der Waals surface area contributed by atoms with E-state index in [4.69, 9.17) is 4.74 Å². The van der Waals surface area contributed by atoms with Crippen LogP contribution in [0.25, 0.3) is 0 Å². The van der Waals surface area contributed by atoms with Gasteiger partial charge in [0, 0.05) is 38.3 Å². The molecule has 0 bridgehead atoms. The molecule has 1 N–H and O–H groups in total. The molecule has 1 unspecified atom stereocenters. The monoisotopic (exact) mass is 373 g/mol. The molecule has 148 valence electrons. The molecule has 2 heterocycles. The first kappa shape index (κ1) is 19.7. The molecule has 6 nitrogen and oxygen atoms in total. The number of ether oxygens (including phenoxy) is 1. The number of benzene rings is 1. The third kappa shape index (κ3) is 5.01. The smallest absolute Gasteiger partial charge is 0.237 e. The number of piperidine rings is 1. The first-order valence-corrected chi connectivity index (χ1v) is 10.1. The fraction of sp³-hybridized carbons (Fsp3) is 0.619. The maximum Gasteiger partial charge on any atom is 0.237 e. The van der Waals surface area contributed by atoms with Crippen molar-refractivity contribution in [2.45, 2.75) is 45.7 Å². The maximum absolute atomic E-state index is 12.8. The molecule has 2 amide bonds. The van der Waals surface area contributed by atoms with Gasteiger partial charge in [0.25, 0.3) is 0 Å². The number of nitrogens with one attached hydrogen (secondary N) is 1. The van der Waals surface area contributed by atoms with Crippen molar-refractivity contribution in [3.05, 3.63) is 29.8 Å². The average Bonchev–Trinajstić information content (AvgIpc) is 2.66. The van der Waals surface area contributed by atoms with Crippen LogP contribution in [0.2, 0.25) is 0 Å². The Morgan fingerprint density at radius 1 is 1.22 bits per heavy atom. The largest absolute Gasteiger partial charge is 0.494 e. The van der Waals surface area contributed by atoms with Crippen molar-refractivity contribution >= 4 is 11.8 Å². The van der Waals surface area contributed by atoms with E-state index in [0.717, 1.165) is 43.8 Å². The summed E-state index contributed by atoms with van der Waals surface area (Å²) in [5.74, 6) is 1.57. The molecule has 1 aromatic carbocycles. The van der Waals surface area contributed by atoms with Gasteiger partial charge in [0.15, 0.2) is 0 Å². The molecule has 2 saturated heterocycles. The molecule has 0 aliphatic carbocycles. The molecular weight excluding hydrogens is 342 g/mol.